The lowest BCUT2D eigenvalue weighted by Crippen LogP contribution is -2.75. The van der Waals surface area contributed by atoms with Gasteiger partial charge in [0.05, 0.1) is 4.75 Å². The molecular formula is C6H10F3NO2S. The van der Waals surface area contributed by atoms with Crippen molar-refractivity contribution in [1.82, 2.24) is 0 Å². The molecule has 1 atom stereocenters. The van der Waals surface area contributed by atoms with Crippen LogP contribution in [0.3, 0.4) is 0 Å². The van der Waals surface area contributed by atoms with Gasteiger partial charge in [-0.05, 0) is 25.6 Å². The van der Waals surface area contributed by atoms with Crippen LogP contribution in [-0.2, 0) is 4.79 Å². The Kier molecular flexibility index (Phi) is 3.62. The Morgan fingerprint density at radius 3 is 2.08 bits per heavy atom. The van der Waals surface area contributed by atoms with Gasteiger partial charge >= 0.3 is 5.51 Å². The van der Waals surface area contributed by atoms with Crippen LogP contribution in [0.1, 0.15) is 13.8 Å². The fraction of sp³-hybridized carbons (Fsp3) is 0.833. The number of quaternary nitrogens is 1. The van der Waals surface area contributed by atoms with Crippen LogP contribution >= 0.6 is 11.8 Å². The zero-order valence-electron chi connectivity index (χ0n) is 7.14. The molecule has 0 aliphatic carbocycles. The summed E-state index contributed by atoms with van der Waals surface area (Å²) in [5.74, 6) is -1.58. The lowest BCUT2D eigenvalue weighted by molar-refractivity contribution is -0.442. The zero-order valence-corrected chi connectivity index (χ0v) is 7.96. The summed E-state index contributed by atoms with van der Waals surface area (Å²) >= 11 is -0.388. The second-order valence-electron chi connectivity index (χ2n) is 3.02. The van der Waals surface area contributed by atoms with E-state index in [2.05, 4.69) is 5.73 Å². The van der Waals surface area contributed by atoms with Crippen molar-refractivity contribution in [3.05, 3.63) is 0 Å². The van der Waals surface area contributed by atoms with Crippen LogP contribution in [0.4, 0.5) is 13.2 Å². The molecule has 78 valence electrons. The summed E-state index contributed by atoms with van der Waals surface area (Å²) in [7, 11) is 0. The number of carbonyl (C=O) groups is 1. The summed E-state index contributed by atoms with van der Waals surface area (Å²) in [4.78, 5) is 10.3. The Morgan fingerprint density at radius 1 is 1.46 bits per heavy atom. The van der Waals surface area contributed by atoms with Crippen LogP contribution in [0, 0.1) is 0 Å². The molecule has 0 aliphatic rings. The van der Waals surface area contributed by atoms with E-state index < -0.39 is 22.3 Å². The molecular weight excluding hydrogens is 207 g/mol. The van der Waals surface area contributed by atoms with Gasteiger partial charge in [-0.2, -0.15) is 13.2 Å². The number of rotatable bonds is 3. The van der Waals surface area contributed by atoms with Gasteiger partial charge in [0.15, 0.2) is 0 Å². The summed E-state index contributed by atoms with van der Waals surface area (Å²) in [5.41, 5.74) is -1.35. The van der Waals surface area contributed by atoms with Crippen LogP contribution in [0.25, 0.3) is 0 Å². The van der Waals surface area contributed by atoms with Crippen LogP contribution in [-0.4, -0.2) is 22.3 Å². The Bertz CT molecular complexity index is 205. The van der Waals surface area contributed by atoms with Gasteiger partial charge < -0.3 is 15.6 Å². The minimum Gasteiger partial charge on any atom is -0.544 e. The molecule has 0 unspecified atom stereocenters. The van der Waals surface area contributed by atoms with Gasteiger partial charge in [0, 0.05) is 0 Å². The second-order valence-corrected chi connectivity index (χ2v) is 4.74. The van der Waals surface area contributed by atoms with E-state index in [1.165, 1.54) is 13.8 Å². The average Bonchev–Trinajstić information content (AvgIpc) is 1.80. The van der Waals surface area contributed by atoms with Crippen molar-refractivity contribution in [2.45, 2.75) is 30.1 Å². The molecule has 0 saturated carbocycles. The first-order valence-corrected chi connectivity index (χ1v) is 4.19. The lowest BCUT2D eigenvalue weighted by atomic mass is 10.1. The highest BCUT2D eigenvalue weighted by molar-refractivity contribution is 8.01. The quantitative estimate of drug-likeness (QED) is 0.685. The third-order valence-corrected chi connectivity index (χ3v) is 2.54. The standard InChI is InChI=1S/C6H10F3NO2S/c1-5(2,3(10)4(11)12)13-6(7,8)9/h3H,10H2,1-2H3,(H,11,12)/t3-/m1/s1. The molecule has 0 aromatic heterocycles. The van der Waals surface area contributed by atoms with Crippen molar-refractivity contribution in [2.24, 2.45) is 0 Å². The van der Waals surface area contributed by atoms with E-state index in [1.807, 2.05) is 0 Å². The second kappa shape index (κ2) is 3.75. The predicted molar refractivity (Wildman–Crippen MR) is 39.4 cm³/mol. The molecule has 7 heteroatoms. The number of carbonyl (C=O) groups excluding carboxylic acids is 1. The molecule has 0 amide bonds. The summed E-state index contributed by atoms with van der Waals surface area (Å²) in [5, 5.41) is 10.3. The molecule has 0 fully saturated rings. The fourth-order valence-corrected chi connectivity index (χ4v) is 1.49. The molecule has 0 saturated heterocycles. The van der Waals surface area contributed by atoms with Crippen molar-refractivity contribution < 1.29 is 28.8 Å². The van der Waals surface area contributed by atoms with E-state index in [-0.39, 0.29) is 11.8 Å². The smallest absolute Gasteiger partial charge is 0.442 e. The SMILES string of the molecule is CC(C)(SC(F)(F)F)[C@H]([NH3+])C(=O)[O-]. The van der Waals surface area contributed by atoms with Crippen molar-refractivity contribution in [2.75, 3.05) is 0 Å². The highest BCUT2D eigenvalue weighted by atomic mass is 32.2. The maximum Gasteiger partial charge on any atom is 0.442 e. The van der Waals surface area contributed by atoms with Gasteiger partial charge in [-0.15, -0.1) is 0 Å². The molecule has 0 radical (unpaired) electrons. The summed E-state index contributed by atoms with van der Waals surface area (Å²) in [6.45, 7) is 2.33. The third-order valence-electron chi connectivity index (χ3n) is 1.50. The first kappa shape index (κ1) is 12.6. The largest absolute Gasteiger partial charge is 0.544 e. The van der Waals surface area contributed by atoms with Gasteiger partial charge in [0.2, 0.25) is 0 Å². The first-order chi connectivity index (χ1) is 5.56. The number of hydrogen-bond acceptors (Lipinski definition) is 3. The van der Waals surface area contributed by atoms with E-state index in [9.17, 15) is 23.1 Å². The normalized spacial score (nSPS) is 15.5. The molecule has 0 aromatic rings. The summed E-state index contributed by atoms with van der Waals surface area (Å²) in [6, 6.07) is -1.40. The van der Waals surface area contributed by atoms with Crippen molar-refractivity contribution >= 4 is 17.7 Å². The van der Waals surface area contributed by atoms with Crippen molar-refractivity contribution in [3.8, 4) is 0 Å². The van der Waals surface area contributed by atoms with Crippen molar-refractivity contribution in [3.63, 3.8) is 0 Å². The van der Waals surface area contributed by atoms with E-state index in [0.29, 0.717) is 0 Å². The summed E-state index contributed by atoms with van der Waals surface area (Å²) in [6.07, 6.45) is 0. The van der Waals surface area contributed by atoms with Crippen molar-refractivity contribution in [1.29, 1.82) is 0 Å². The molecule has 3 N–H and O–H groups in total. The van der Waals surface area contributed by atoms with Gasteiger partial charge in [0.25, 0.3) is 0 Å². The van der Waals surface area contributed by atoms with Crippen LogP contribution in [0.5, 0.6) is 0 Å². The number of carboxylic acids is 1. The Morgan fingerprint density at radius 2 is 1.85 bits per heavy atom. The molecule has 0 heterocycles. The van der Waals surface area contributed by atoms with Crippen LogP contribution in [0.2, 0.25) is 0 Å². The van der Waals surface area contributed by atoms with Gasteiger partial charge in [-0.3, -0.25) is 0 Å². The topological polar surface area (TPSA) is 67.8 Å². The lowest BCUT2D eigenvalue weighted by Gasteiger charge is -2.28. The minimum atomic E-state index is -4.46. The molecule has 0 aromatic carbocycles. The molecule has 3 nitrogen and oxygen atoms in total. The number of thioether (sulfide) groups is 1. The Labute approximate surface area is 77.5 Å². The predicted octanol–water partition coefficient (Wildman–Crippen LogP) is -0.622. The minimum absolute atomic E-state index is 0.388. The van der Waals surface area contributed by atoms with E-state index >= 15 is 0 Å². The molecule has 0 aliphatic heterocycles. The molecule has 0 rings (SSSR count). The highest BCUT2D eigenvalue weighted by Gasteiger charge is 2.43. The summed E-state index contributed by atoms with van der Waals surface area (Å²) < 4.78 is 34.2. The number of alkyl halides is 3. The monoisotopic (exact) mass is 217 g/mol. The number of hydrogen-bond donors (Lipinski definition) is 1. The number of carboxylic acid groups (broad SMARTS) is 1. The van der Waals surface area contributed by atoms with E-state index in [1.54, 1.807) is 0 Å². The Hall–Kier alpha value is -0.430. The fourth-order valence-electron chi connectivity index (χ4n) is 0.653. The van der Waals surface area contributed by atoms with Crippen LogP contribution < -0.4 is 10.8 Å². The first-order valence-electron chi connectivity index (χ1n) is 3.37. The maximum absolute atomic E-state index is 11.9. The van der Waals surface area contributed by atoms with Gasteiger partial charge in [-0.25, -0.2) is 0 Å². The Balaban J connectivity index is 4.48. The van der Waals surface area contributed by atoms with Gasteiger partial charge in [-0.1, -0.05) is 0 Å². The number of halogens is 3. The molecule has 0 bridgehead atoms. The van der Waals surface area contributed by atoms with E-state index in [4.69, 9.17) is 0 Å². The molecule has 0 spiro atoms. The van der Waals surface area contributed by atoms with Crippen LogP contribution in [0.15, 0.2) is 0 Å². The maximum atomic E-state index is 11.9. The zero-order chi connectivity index (χ0) is 10.9. The average molecular weight is 217 g/mol. The van der Waals surface area contributed by atoms with Gasteiger partial charge in [0.1, 0.15) is 12.0 Å². The van der Waals surface area contributed by atoms with E-state index in [0.717, 1.165) is 0 Å². The highest BCUT2D eigenvalue weighted by Crippen LogP contribution is 2.41. The molecule has 13 heavy (non-hydrogen) atoms. The number of aliphatic carboxylic acids is 1. The third kappa shape index (κ3) is 4.37.